The summed E-state index contributed by atoms with van der Waals surface area (Å²) in [6.07, 6.45) is 7.31. The van der Waals surface area contributed by atoms with Crippen molar-refractivity contribution in [3.63, 3.8) is 0 Å². The van der Waals surface area contributed by atoms with Crippen LogP contribution in [0.4, 0.5) is 0 Å². The standard InChI is InChI=1S/C11H15NO2/c1-14-11(13)9-6-8-4-2-3-5-10(8)12-7-9/h2,4,9,12H,3,5-7H2,1H3. The summed E-state index contributed by atoms with van der Waals surface area (Å²) in [5.41, 5.74) is 2.59. The number of nitrogens with one attached hydrogen (secondary N) is 1. The van der Waals surface area contributed by atoms with Crippen LogP contribution in [0.1, 0.15) is 19.3 Å². The van der Waals surface area contributed by atoms with Gasteiger partial charge in [-0.1, -0.05) is 12.2 Å². The topological polar surface area (TPSA) is 38.3 Å². The van der Waals surface area contributed by atoms with Crippen LogP contribution >= 0.6 is 0 Å². The second kappa shape index (κ2) is 3.86. The van der Waals surface area contributed by atoms with Gasteiger partial charge in [-0.05, 0) is 24.8 Å². The van der Waals surface area contributed by atoms with E-state index >= 15 is 0 Å². The van der Waals surface area contributed by atoms with E-state index in [4.69, 9.17) is 4.74 Å². The molecular weight excluding hydrogens is 178 g/mol. The van der Waals surface area contributed by atoms with Crippen LogP contribution in [0.2, 0.25) is 0 Å². The monoisotopic (exact) mass is 193 g/mol. The molecule has 76 valence electrons. The molecule has 3 heteroatoms. The lowest BCUT2D eigenvalue weighted by Crippen LogP contribution is -2.34. The van der Waals surface area contributed by atoms with Crippen molar-refractivity contribution in [3.05, 3.63) is 23.4 Å². The second-order valence-electron chi connectivity index (χ2n) is 3.75. The minimum absolute atomic E-state index is 0.0125. The van der Waals surface area contributed by atoms with Gasteiger partial charge >= 0.3 is 5.97 Å². The Kier molecular flexibility index (Phi) is 2.57. The highest BCUT2D eigenvalue weighted by Crippen LogP contribution is 2.27. The fourth-order valence-corrected chi connectivity index (χ4v) is 2.02. The molecule has 0 saturated carbocycles. The lowest BCUT2D eigenvalue weighted by atomic mass is 9.90. The number of rotatable bonds is 1. The molecule has 0 aromatic rings. The van der Waals surface area contributed by atoms with Crippen molar-refractivity contribution in [1.29, 1.82) is 0 Å². The SMILES string of the molecule is COC(=O)C1CNC2=C(C=CCC2)C1. The van der Waals surface area contributed by atoms with Crippen LogP contribution < -0.4 is 5.32 Å². The Morgan fingerprint density at radius 1 is 1.64 bits per heavy atom. The van der Waals surface area contributed by atoms with E-state index in [9.17, 15) is 4.79 Å². The van der Waals surface area contributed by atoms with Crippen LogP contribution in [0.15, 0.2) is 23.4 Å². The maximum atomic E-state index is 11.3. The van der Waals surface area contributed by atoms with E-state index < -0.39 is 0 Å². The van der Waals surface area contributed by atoms with E-state index in [0.29, 0.717) is 0 Å². The van der Waals surface area contributed by atoms with E-state index in [2.05, 4.69) is 17.5 Å². The minimum Gasteiger partial charge on any atom is -0.469 e. The fourth-order valence-electron chi connectivity index (χ4n) is 2.02. The zero-order chi connectivity index (χ0) is 9.97. The molecule has 0 amide bonds. The van der Waals surface area contributed by atoms with E-state index in [0.717, 1.165) is 25.8 Å². The molecule has 1 aliphatic heterocycles. The zero-order valence-electron chi connectivity index (χ0n) is 8.38. The molecule has 2 aliphatic rings. The summed E-state index contributed by atoms with van der Waals surface area (Å²) in [4.78, 5) is 11.3. The molecule has 1 atom stereocenters. The van der Waals surface area contributed by atoms with Gasteiger partial charge in [-0.15, -0.1) is 0 Å². The van der Waals surface area contributed by atoms with Crippen LogP contribution in [0.3, 0.4) is 0 Å². The van der Waals surface area contributed by atoms with Gasteiger partial charge in [-0.25, -0.2) is 0 Å². The van der Waals surface area contributed by atoms with Gasteiger partial charge in [0.05, 0.1) is 13.0 Å². The lowest BCUT2D eigenvalue weighted by Gasteiger charge is -2.27. The third kappa shape index (κ3) is 1.67. The largest absolute Gasteiger partial charge is 0.469 e. The Morgan fingerprint density at radius 3 is 3.29 bits per heavy atom. The molecule has 1 N–H and O–H groups in total. The van der Waals surface area contributed by atoms with Crippen molar-refractivity contribution in [2.24, 2.45) is 5.92 Å². The predicted octanol–water partition coefficient (Wildman–Crippen LogP) is 1.37. The van der Waals surface area contributed by atoms with Crippen LogP contribution in [-0.2, 0) is 9.53 Å². The van der Waals surface area contributed by atoms with E-state index in [1.165, 1.54) is 18.4 Å². The highest BCUT2D eigenvalue weighted by molar-refractivity contribution is 5.73. The summed E-state index contributed by atoms with van der Waals surface area (Å²) in [6.45, 7) is 0.722. The normalized spacial score (nSPS) is 25.4. The number of hydrogen-bond donors (Lipinski definition) is 1. The van der Waals surface area contributed by atoms with Gasteiger partial charge in [0.2, 0.25) is 0 Å². The van der Waals surface area contributed by atoms with E-state index in [1.807, 2.05) is 0 Å². The van der Waals surface area contributed by atoms with Gasteiger partial charge < -0.3 is 10.1 Å². The van der Waals surface area contributed by atoms with Gasteiger partial charge in [0.15, 0.2) is 0 Å². The molecule has 0 fully saturated rings. The van der Waals surface area contributed by atoms with Crippen LogP contribution in [-0.4, -0.2) is 19.6 Å². The van der Waals surface area contributed by atoms with E-state index in [-0.39, 0.29) is 11.9 Å². The average Bonchev–Trinajstić information content (AvgIpc) is 2.27. The molecule has 0 bridgehead atoms. The molecule has 3 nitrogen and oxygen atoms in total. The Hall–Kier alpha value is -1.25. The molecule has 0 radical (unpaired) electrons. The molecule has 1 aliphatic carbocycles. The van der Waals surface area contributed by atoms with Crippen molar-refractivity contribution in [2.75, 3.05) is 13.7 Å². The highest BCUT2D eigenvalue weighted by atomic mass is 16.5. The quantitative estimate of drug-likeness (QED) is 0.639. The summed E-state index contributed by atoms with van der Waals surface area (Å²) in [5.74, 6) is -0.121. The summed E-state index contributed by atoms with van der Waals surface area (Å²) in [6, 6.07) is 0. The highest BCUT2D eigenvalue weighted by Gasteiger charge is 2.26. The first-order valence-corrected chi connectivity index (χ1v) is 5.01. The predicted molar refractivity (Wildman–Crippen MR) is 53.5 cm³/mol. The molecule has 2 rings (SSSR count). The molecule has 0 aromatic carbocycles. The zero-order valence-corrected chi connectivity index (χ0v) is 8.38. The summed E-state index contributed by atoms with van der Waals surface area (Å²) in [5, 5.41) is 3.31. The van der Waals surface area contributed by atoms with Crippen molar-refractivity contribution < 1.29 is 9.53 Å². The molecule has 0 saturated heterocycles. The fraction of sp³-hybridized carbons (Fsp3) is 0.545. The lowest BCUT2D eigenvalue weighted by molar-refractivity contribution is -0.145. The Bertz CT molecular complexity index is 304. The first kappa shape index (κ1) is 9.31. The number of ether oxygens (including phenoxy) is 1. The molecule has 1 unspecified atom stereocenters. The van der Waals surface area contributed by atoms with Crippen LogP contribution in [0.25, 0.3) is 0 Å². The van der Waals surface area contributed by atoms with Gasteiger partial charge in [0.1, 0.15) is 0 Å². The summed E-state index contributed by atoms with van der Waals surface area (Å²) in [7, 11) is 1.45. The van der Waals surface area contributed by atoms with Gasteiger partial charge in [0.25, 0.3) is 0 Å². The summed E-state index contributed by atoms with van der Waals surface area (Å²) < 4.78 is 4.74. The maximum Gasteiger partial charge on any atom is 0.310 e. The number of esters is 1. The number of carbonyl (C=O) groups is 1. The Labute approximate surface area is 83.8 Å². The maximum absolute atomic E-state index is 11.3. The number of allylic oxidation sites excluding steroid dienone is 4. The third-order valence-corrected chi connectivity index (χ3v) is 2.83. The molecule has 0 spiro atoms. The Morgan fingerprint density at radius 2 is 2.50 bits per heavy atom. The van der Waals surface area contributed by atoms with Gasteiger partial charge in [0, 0.05) is 12.2 Å². The molecule has 14 heavy (non-hydrogen) atoms. The summed E-state index contributed by atoms with van der Waals surface area (Å²) >= 11 is 0. The van der Waals surface area contributed by atoms with Crippen molar-refractivity contribution >= 4 is 5.97 Å². The third-order valence-electron chi connectivity index (χ3n) is 2.83. The average molecular weight is 193 g/mol. The molecule has 0 aromatic heterocycles. The first-order valence-electron chi connectivity index (χ1n) is 5.01. The number of hydrogen-bond acceptors (Lipinski definition) is 3. The van der Waals surface area contributed by atoms with Crippen molar-refractivity contribution in [1.82, 2.24) is 5.32 Å². The number of carbonyl (C=O) groups excluding carboxylic acids is 1. The number of methoxy groups -OCH3 is 1. The van der Waals surface area contributed by atoms with Crippen molar-refractivity contribution in [3.8, 4) is 0 Å². The second-order valence-corrected chi connectivity index (χ2v) is 3.75. The van der Waals surface area contributed by atoms with Gasteiger partial charge in [-0.2, -0.15) is 0 Å². The minimum atomic E-state index is -0.108. The van der Waals surface area contributed by atoms with E-state index in [1.54, 1.807) is 0 Å². The smallest absolute Gasteiger partial charge is 0.310 e. The molecular formula is C11H15NO2. The molecule has 1 heterocycles. The van der Waals surface area contributed by atoms with Gasteiger partial charge in [-0.3, -0.25) is 4.79 Å². The van der Waals surface area contributed by atoms with Crippen LogP contribution in [0.5, 0.6) is 0 Å². The van der Waals surface area contributed by atoms with Crippen molar-refractivity contribution in [2.45, 2.75) is 19.3 Å². The Balaban J connectivity index is 2.09. The first-order chi connectivity index (χ1) is 6.81. The van der Waals surface area contributed by atoms with Crippen LogP contribution in [0, 0.1) is 5.92 Å².